The topological polar surface area (TPSA) is 107 Å². The zero-order valence-corrected chi connectivity index (χ0v) is 14.2. The molecule has 0 aliphatic rings. The Kier molecular flexibility index (Phi) is 4.57. The number of oxazole rings is 1. The van der Waals surface area contributed by atoms with Gasteiger partial charge < -0.3 is 9.52 Å². The van der Waals surface area contributed by atoms with E-state index in [1.807, 2.05) is 6.07 Å². The molecule has 2 aromatic heterocycles. The third-order valence-corrected chi connectivity index (χ3v) is 3.78. The van der Waals surface area contributed by atoms with Crippen molar-refractivity contribution in [2.24, 2.45) is 0 Å². The Morgan fingerprint density at radius 1 is 1.15 bits per heavy atom. The van der Waals surface area contributed by atoms with E-state index in [2.05, 4.69) is 5.10 Å². The number of aromatic nitrogens is 3. The van der Waals surface area contributed by atoms with Crippen LogP contribution in [0, 0.1) is 0 Å². The summed E-state index contributed by atoms with van der Waals surface area (Å²) in [6.07, 6.45) is 0. The largest absolute Gasteiger partial charge is 0.480 e. The summed E-state index contributed by atoms with van der Waals surface area (Å²) in [4.78, 5) is 35.4. The molecule has 0 saturated carbocycles. The van der Waals surface area contributed by atoms with E-state index in [0.717, 1.165) is 4.57 Å². The maximum absolute atomic E-state index is 12.3. The third kappa shape index (κ3) is 3.21. The summed E-state index contributed by atoms with van der Waals surface area (Å²) in [5.41, 5.74) is 0.815. The fourth-order valence-electron chi connectivity index (χ4n) is 2.64. The first kappa shape index (κ1) is 17.4. The molecule has 0 bridgehead atoms. The van der Waals surface area contributed by atoms with Crippen LogP contribution in [-0.2, 0) is 11.3 Å². The molecule has 0 aliphatic heterocycles. The van der Waals surface area contributed by atoms with Crippen molar-refractivity contribution in [2.75, 3.05) is 0 Å². The van der Waals surface area contributed by atoms with Crippen LogP contribution in [0.25, 0.3) is 22.7 Å². The van der Waals surface area contributed by atoms with Gasteiger partial charge in [0.1, 0.15) is 17.9 Å². The van der Waals surface area contributed by atoms with Gasteiger partial charge in [-0.15, -0.1) is 0 Å². The number of carboxylic acids is 1. The fraction of sp³-hybridized carbons (Fsp3) is 0.222. The molecule has 0 amide bonds. The highest BCUT2D eigenvalue weighted by molar-refractivity contribution is 5.76. The SMILES string of the molecule is CC(C)n1nc(-c2c(-c3ccccc3)oc(=O)n2CC(=O)O)ccc1=O. The molecule has 0 saturated heterocycles. The first-order valence-electron chi connectivity index (χ1n) is 7.99. The molecule has 8 heteroatoms. The smallest absolute Gasteiger partial charge is 0.420 e. The van der Waals surface area contributed by atoms with E-state index in [0.29, 0.717) is 5.56 Å². The lowest BCUT2D eigenvalue weighted by molar-refractivity contribution is -0.137. The van der Waals surface area contributed by atoms with Crippen molar-refractivity contribution < 1.29 is 14.3 Å². The van der Waals surface area contributed by atoms with Crippen molar-refractivity contribution in [3.8, 4) is 22.7 Å². The molecule has 26 heavy (non-hydrogen) atoms. The van der Waals surface area contributed by atoms with E-state index in [1.165, 1.54) is 16.8 Å². The maximum atomic E-state index is 12.3. The Hall–Kier alpha value is -3.42. The monoisotopic (exact) mass is 355 g/mol. The summed E-state index contributed by atoms with van der Waals surface area (Å²) in [6.45, 7) is 3.03. The van der Waals surface area contributed by atoms with Crippen LogP contribution >= 0.6 is 0 Å². The predicted octanol–water partition coefficient (Wildman–Crippen LogP) is 2.00. The van der Waals surface area contributed by atoms with Crippen LogP contribution in [0.2, 0.25) is 0 Å². The molecule has 8 nitrogen and oxygen atoms in total. The standard InChI is InChI=1S/C18H17N3O5/c1-11(2)21-14(22)9-8-13(19-21)16-17(12-6-4-3-5-7-12)26-18(25)20(16)10-15(23)24/h3-9,11H,10H2,1-2H3,(H,23,24). The number of nitrogens with zero attached hydrogens (tertiary/aromatic N) is 3. The molecule has 3 aromatic rings. The lowest BCUT2D eigenvalue weighted by Crippen LogP contribution is -2.25. The highest BCUT2D eigenvalue weighted by Crippen LogP contribution is 2.30. The van der Waals surface area contributed by atoms with E-state index in [1.54, 1.807) is 38.1 Å². The van der Waals surface area contributed by atoms with Crippen molar-refractivity contribution in [3.63, 3.8) is 0 Å². The van der Waals surface area contributed by atoms with Crippen LogP contribution in [0.3, 0.4) is 0 Å². The number of hydrogen-bond acceptors (Lipinski definition) is 5. The minimum absolute atomic E-state index is 0.200. The van der Waals surface area contributed by atoms with Gasteiger partial charge in [0.25, 0.3) is 5.56 Å². The highest BCUT2D eigenvalue weighted by Gasteiger charge is 2.23. The average Bonchev–Trinajstić information content (AvgIpc) is 2.92. The summed E-state index contributed by atoms with van der Waals surface area (Å²) < 4.78 is 7.61. The summed E-state index contributed by atoms with van der Waals surface area (Å²) >= 11 is 0. The van der Waals surface area contributed by atoms with Gasteiger partial charge in [0.05, 0.1) is 6.04 Å². The minimum atomic E-state index is -1.19. The van der Waals surface area contributed by atoms with Gasteiger partial charge in [-0.3, -0.25) is 14.2 Å². The summed E-state index contributed by atoms with van der Waals surface area (Å²) in [5, 5.41) is 13.5. The number of carbonyl (C=O) groups is 1. The average molecular weight is 355 g/mol. The van der Waals surface area contributed by atoms with E-state index in [4.69, 9.17) is 9.52 Å². The normalized spacial score (nSPS) is 11.0. The first-order valence-corrected chi connectivity index (χ1v) is 7.99. The number of hydrogen-bond donors (Lipinski definition) is 1. The summed E-state index contributed by atoms with van der Waals surface area (Å²) in [5.74, 6) is -1.78. The van der Waals surface area contributed by atoms with Gasteiger partial charge in [-0.2, -0.15) is 5.10 Å². The van der Waals surface area contributed by atoms with Crippen molar-refractivity contribution in [2.45, 2.75) is 26.4 Å². The van der Waals surface area contributed by atoms with Crippen LogP contribution in [-0.4, -0.2) is 25.4 Å². The Bertz CT molecular complexity index is 1060. The molecule has 0 atom stereocenters. The Morgan fingerprint density at radius 3 is 2.46 bits per heavy atom. The van der Waals surface area contributed by atoms with E-state index in [-0.39, 0.29) is 28.7 Å². The fourth-order valence-corrected chi connectivity index (χ4v) is 2.64. The molecule has 0 aliphatic carbocycles. The van der Waals surface area contributed by atoms with E-state index >= 15 is 0 Å². The van der Waals surface area contributed by atoms with E-state index < -0.39 is 18.3 Å². The molecule has 0 fully saturated rings. The first-order chi connectivity index (χ1) is 12.4. The van der Waals surface area contributed by atoms with Gasteiger partial charge in [0, 0.05) is 11.6 Å². The van der Waals surface area contributed by atoms with Crippen LogP contribution in [0.5, 0.6) is 0 Å². The van der Waals surface area contributed by atoms with Crippen molar-refractivity contribution >= 4 is 5.97 Å². The number of benzene rings is 1. The molecule has 0 radical (unpaired) electrons. The Morgan fingerprint density at radius 2 is 1.85 bits per heavy atom. The molecule has 1 aromatic carbocycles. The van der Waals surface area contributed by atoms with Crippen molar-refractivity contribution in [1.82, 2.24) is 14.3 Å². The zero-order chi connectivity index (χ0) is 18.8. The second-order valence-corrected chi connectivity index (χ2v) is 5.99. The number of aliphatic carboxylic acids is 1. The Labute approximate surface area is 147 Å². The number of carboxylic acid groups (broad SMARTS) is 1. The zero-order valence-electron chi connectivity index (χ0n) is 14.2. The molecule has 0 unspecified atom stereocenters. The Balaban J connectivity index is 2.31. The molecular formula is C18H17N3O5. The van der Waals surface area contributed by atoms with Crippen LogP contribution in [0.15, 0.2) is 56.5 Å². The van der Waals surface area contributed by atoms with Crippen molar-refractivity contribution in [1.29, 1.82) is 0 Å². The number of rotatable bonds is 5. The second kappa shape index (κ2) is 6.83. The minimum Gasteiger partial charge on any atom is -0.480 e. The summed E-state index contributed by atoms with van der Waals surface area (Å²) in [6, 6.07) is 11.4. The van der Waals surface area contributed by atoms with Gasteiger partial charge in [-0.25, -0.2) is 9.48 Å². The lowest BCUT2D eigenvalue weighted by atomic mass is 10.1. The maximum Gasteiger partial charge on any atom is 0.420 e. The van der Waals surface area contributed by atoms with Gasteiger partial charge in [0.15, 0.2) is 5.76 Å². The van der Waals surface area contributed by atoms with Crippen molar-refractivity contribution in [3.05, 3.63) is 63.4 Å². The van der Waals surface area contributed by atoms with E-state index in [9.17, 15) is 14.4 Å². The second-order valence-electron chi connectivity index (χ2n) is 5.99. The van der Waals surface area contributed by atoms with Crippen LogP contribution in [0.4, 0.5) is 0 Å². The lowest BCUT2D eigenvalue weighted by Gasteiger charge is -2.11. The molecule has 0 spiro atoms. The predicted molar refractivity (Wildman–Crippen MR) is 93.9 cm³/mol. The quantitative estimate of drug-likeness (QED) is 0.750. The molecule has 1 N–H and O–H groups in total. The molecule has 3 rings (SSSR count). The summed E-state index contributed by atoms with van der Waals surface area (Å²) in [7, 11) is 0. The van der Waals surface area contributed by atoms with Gasteiger partial charge in [-0.1, -0.05) is 30.3 Å². The van der Waals surface area contributed by atoms with Gasteiger partial charge in [0.2, 0.25) is 0 Å². The molecule has 2 heterocycles. The highest BCUT2D eigenvalue weighted by atomic mass is 16.4. The van der Waals surface area contributed by atoms with Crippen LogP contribution in [0.1, 0.15) is 19.9 Å². The van der Waals surface area contributed by atoms with Crippen LogP contribution < -0.4 is 11.3 Å². The van der Waals surface area contributed by atoms with Gasteiger partial charge in [-0.05, 0) is 19.9 Å². The third-order valence-electron chi connectivity index (χ3n) is 3.78. The molecule has 134 valence electrons. The van der Waals surface area contributed by atoms with Gasteiger partial charge >= 0.3 is 11.7 Å². The molecular weight excluding hydrogens is 338 g/mol.